The molecule has 0 atom stereocenters. The third-order valence-corrected chi connectivity index (χ3v) is 4.50. The molecular weight excluding hydrogens is 409 g/mol. The second kappa shape index (κ2) is 9.96. The van der Waals surface area contributed by atoms with Gasteiger partial charge in [0.15, 0.2) is 12.4 Å². The first kappa shape index (κ1) is 23.7. The van der Waals surface area contributed by atoms with Crippen LogP contribution in [0.25, 0.3) is 0 Å². The molecule has 1 heterocycles. The van der Waals surface area contributed by atoms with Gasteiger partial charge < -0.3 is 10.5 Å². The number of nitrogens with two attached hydrogens (primary N) is 1. The predicted molar refractivity (Wildman–Crippen MR) is 110 cm³/mol. The number of esters is 1. The molecule has 0 saturated carbocycles. The van der Waals surface area contributed by atoms with E-state index in [0.717, 1.165) is 21.3 Å². The number of aromatic nitrogens is 2. The first-order chi connectivity index (χ1) is 14.5. The van der Waals surface area contributed by atoms with E-state index in [2.05, 4.69) is 0 Å². The molecule has 1 aromatic heterocycles. The number of carbonyl (C=O) groups excluding carboxylic acids is 3. The number of carbonyl (C=O) groups is 3. The molecule has 0 aliphatic rings. The highest BCUT2D eigenvalue weighted by atomic mass is 19.1. The molecule has 31 heavy (non-hydrogen) atoms. The molecule has 0 aliphatic carbocycles. The van der Waals surface area contributed by atoms with Gasteiger partial charge in [-0.1, -0.05) is 13.8 Å². The lowest BCUT2D eigenvalue weighted by molar-refractivity contribution is -0.142. The number of benzene rings is 1. The van der Waals surface area contributed by atoms with Gasteiger partial charge in [-0.3, -0.25) is 28.3 Å². The van der Waals surface area contributed by atoms with Gasteiger partial charge in [0, 0.05) is 25.6 Å². The average molecular weight is 433 g/mol. The summed E-state index contributed by atoms with van der Waals surface area (Å²) in [5.41, 5.74) is 4.18. The van der Waals surface area contributed by atoms with Crippen LogP contribution in [0.5, 0.6) is 0 Å². The van der Waals surface area contributed by atoms with Crippen LogP contribution in [-0.4, -0.2) is 33.3 Å². The van der Waals surface area contributed by atoms with Gasteiger partial charge in [-0.05, 0) is 30.2 Å². The number of hydrogen-bond donors (Lipinski definition) is 1. The highest BCUT2D eigenvalue weighted by Crippen LogP contribution is 2.10. The molecular formula is C21H24FN3O6. The molecule has 0 saturated heterocycles. The van der Waals surface area contributed by atoms with Crippen molar-refractivity contribution in [2.45, 2.75) is 33.2 Å². The zero-order valence-electron chi connectivity index (χ0n) is 17.5. The van der Waals surface area contributed by atoms with Crippen LogP contribution >= 0.6 is 0 Å². The molecule has 2 rings (SSSR count). The number of Topliss-reactive ketones (excluding diaryl/α,β-unsaturated/α-hetero) is 2. The Bertz CT molecular complexity index is 1120. The van der Waals surface area contributed by atoms with Crippen molar-refractivity contribution in [1.82, 2.24) is 9.13 Å². The van der Waals surface area contributed by atoms with E-state index >= 15 is 0 Å². The van der Waals surface area contributed by atoms with Gasteiger partial charge in [0.05, 0.1) is 6.42 Å². The highest BCUT2D eigenvalue weighted by Gasteiger charge is 2.23. The summed E-state index contributed by atoms with van der Waals surface area (Å²) in [5, 5.41) is 0. The van der Waals surface area contributed by atoms with Crippen molar-refractivity contribution in [3.8, 4) is 0 Å². The van der Waals surface area contributed by atoms with E-state index in [1.165, 1.54) is 19.2 Å². The molecule has 0 amide bonds. The lowest BCUT2D eigenvalue weighted by atomic mass is 10.1. The zero-order chi connectivity index (χ0) is 23.3. The molecule has 0 aliphatic heterocycles. The van der Waals surface area contributed by atoms with Crippen molar-refractivity contribution in [3.05, 3.63) is 62.0 Å². The summed E-state index contributed by atoms with van der Waals surface area (Å²) in [6.07, 6.45) is -0.494. The smallest absolute Gasteiger partial charge is 0.332 e. The highest BCUT2D eigenvalue weighted by molar-refractivity contribution is 6.01. The molecule has 166 valence electrons. The summed E-state index contributed by atoms with van der Waals surface area (Å²) in [4.78, 5) is 61.1. The Morgan fingerprint density at radius 2 is 1.68 bits per heavy atom. The first-order valence-corrected chi connectivity index (χ1v) is 9.59. The molecule has 0 spiro atoms. The fourth-order valence-electron chi connectivity index (χ4n) is 2.87. The van der Waals surface area contributed by atoms with Crippen molar-refractivity contribution in [3.63, 3.8) is 0 Å². The lowest BCUT2D eigenvalue weighted by Gasteiger charge is -2.16. The average Bonchev–Trinajstić information content (AvgIpc) is 2.72. The largest absolute Gasteiger partial charge is 0.457 e. The van der Waals surface area contributed by atoms with Gasteiger partial charge in [0.25, 0.3) is 5.56 Å². The van der Waals surface area contributed by atoms with Gasteiger partial charge in [0.2, 0.25) is 5.78 Å². The Kier molecular flexibility index (Phi) is 7.62. The number of ketones is 2. The molecule has 0 unspecified atom stereocenters. The second-order valence-electron chi connectivity index (χ2n) is 7.43. The molecule has 9 nitrogen and oxygen atoms in total. The standard InChI is InChI=1S/C21H24FN3O6/c1-12(2)10-25-19(23)18(20(29)24(3)21(25)30)16(27)11-31-17(28)9-8-15(26)13-4-6-14(22)7-5-13/h4-7,12H,8-11,23H2,1-3H3. The summed E-state index contributed by atoms with van der Waals surface area (Å²) >= 11 is 0. The number of rotatable bonds is 9. The second-order valence-corrected chi connectivity index (χ2v) is 7.43. The fourth-order valence-corrected chi connectivity index (χ4v) is 2.87. The molecule has 2 N–H and O–H groups in total. The summed E-state index contributed by atoms with van der Waals surface area (Å²) in [6.45, 7) is 3.12. The zero-order valence-corrected chi connectivity index (χ0v) is 17.5. The Balaban J connectivity index is 2.05. The van der Waals surface area contributed by atoms with E-state index in [4.69, 9.17) is 10.5 Å². The van der Waals surface area contributed by atoms with Crippen LogP contribution in [0.3, 0.4) is 0 Å². The molecule has 0 bridgehead atoms. The van der Waals surface area contributed by atoms with E-state index < -0.39 is 41.0 Å². The Hall–Kier alpha value is -3.56. The minimum Gasteiger partial charge on any atom is -0.457 e. The van der Waals surface area contributed by atoms with E-state index in [9.17, 15) is 28.4 Å². The van der Waals surface area contributed by atoms with Crippen LogP contribution in [-0.2, 0) is 23.1 Å². The first-order valence-electron chi connectivity index (χ1n) is 9.59. The van der Waals surface area contributed by atoms with Crippen molar-refractivity contribution in [2.24, 2.45) is 13.0 Å². The quantitative estimate of drug-likeness (QED) is 0.466. The monoisotopic (exact) mass is 433 g/mol. The van der Waals surface area contributed by atoms with Crippen LogP contribution in [0.1, 0.15) is 47.4 Å². The van der Waals surface area contributed by atoms with Gasteiger partial charge in [-0.15, -0.1) is 0 Å². The fraction of sp³-hybridized carbons (Fsp3) is 0.381. The minimum absolute atomic E-state index is 0.0249. The van der Waals surface area contributed by atoms with Crippen LogP contribution in [0.4, 0.5) is 10.2 Å². The van der Waals surface area contributed by atoms with Crippen LogP contribution < -0.4 is 17.0 Å². The summed E-state index contributed by atoms with van der Waals surface area (Å²) in [7, 11) is 1.23. The SMILES string of the molecule is CC(C)Cn1c(N)c(C(=O)COC(=O)CCC(=O)c2ccc(F)cc2)c(=O)n(C)c1=O. The third kappa shape index (κ3) is 5.74. The molecule has 0 radical (unpaired) electrons. The van der Waals surface area contributed by atoms with Gasteiger partial charge in [-0.2, -0.15) is 0 Å². The number of nitrogen functional groups attached to an aromatic ring is 1. The minimum atomic E-state index is -0.880. The van der Waals surface area contributed by atoms with E-state index in [0.29, 0.717) is 0 Å². The van der Waals surface area contributed by atoms with Gasteiger partial charge in [0.1, 0.15) is 17.2 Å². The summed E-state index contributed by atoms with van der Waals surface area (Å²) in [5.74, 6) is -2.81. The molecule has 0 fully saturated rings. The van der Waals surface area contributed by atoms with Crippen molar-refractivity contribution < 1.29 is 23.5 Å². The normalized spacial score (nSPS) is 10.9. The number of nitrogens with zero attached hydrogens (tertiary/aromatic N) is 2. The Labute approximate surface area is 177 Å². The Morgan fingerprint density at radius 1 is 1.06 bits per heavy atom. The third-order valence-electron chi connectivity index (χ3n) is 4.50. The van der Waals surface area contributed by atoms with Crippen LogP contribution in [0.15, 0.2) is 33.9 Å². The van der Waals surface area contributed by atoms with Crippen LogP contribution in [0.2, 0.25) is 0 Å². The predicted octanol–water partition coefficient (Wildman–Crippen LogP) is 1.31. The topological polar surface area (TPSA) is 130 Å². The number of hydrogen-bond acceptors (Lipinski definition) is 7. The summed E-state index contributed by atoms with van der Waals surface area (Å²) < 4.78 is 19.7. The Morgan fingerprint density at radius 3 is 2.26 bits per heavy atom. The molecule has 10 heteroatoms. The van der Waals surface area contributed by atoms with E-state index in [1.54, 1.807) is 0 Å². The van der Waals surface area contributed by atoms with E-state index in [-0.39, 0.29) is 42.5 Å². The number of anilines is 1. The van der Waals surface area contributed by atoms with E-state index in [1.807, 2.05) is 13.8 Å². The van der Waals surface area contributed by atoms with Crippen molar-refractivity contribution in [1.29, 1.82) is 0 Å². The van der Waals surface area contributed by atoms with Gasteiger partial charge in [-0.25, -0.2) is 9.18 Å². The maximum absolute atomic E-state index is 12.9. The molecule has 2 aromatic rings. The summed E-state index contributed by atoms with van der Waals surface area (Å²) in [6, 6.07) is 4.87. The van der Waals surface area contributed by atoms with Crippen molar-refractivity contribution >= 4 is 23.4 Å². The van der Waals surface area contributed by atoms with Gasteiger partial charge >= 0.3 is 11.7 Å². The lowest BCUT2D eigenvalue weighted by Crippen LogP contribution is -2.43. The maximum Gasteiger partial charge on any atom is 0.332 e. The van der Waals surface area contributed by atoms with Crippen LogP contribution in [0, 0.1) is 11.7 Å². The maximum atomic E-state index is 12.9. The number of ether oxygens (including phenoxy) is 1. The number of halogens is 1. The molecule has 1 aromatic carbocycles. The van der Waals surface area contributed by atoms with Crippen molar-refractivity contribution in [2.75, 3.05) is 12.3 Å².